The van der Waals surface area contributed by atoms with Gasteiger partial charge >= 0.3 is 0 Å². The van der Waals surface area contributed by atoms with E-state index in [1.807, 2.05) is 6.07 Å². The Morgan fingerprint density at radius 1 is 1.21 bits per heavy atom. The molecule has 0 aromatic carbocycles. The van der Waals surface area contributed by atoms with Crippen LogP contribution < -0.4 is 10.6 Å². The third kappa shape index (κ3) is 3.43. The molecule has 1 aliphatic carbocycles. The first kappa shape index (κ1) is 18.1. The van der Waals surface area contributed by atoms with E-state index in [4.69, 9.17) is 0 Å². The highest BCUT2D eigenvalue weighted by Crippen LogP contribution is 2.39. The molecule has 2 bridgehead atoms. The molecule has 28 heavy (non-hydrogen) atoms. The van der Waals surface area contributed by atoms with Gasteiger partial charge in [-0.25, -0.2) is 4.98 Å². The largest absolute Gasteiger partial charge is 0.307 e. The van der Waals surface area contributed by atoms with Gasteiger partial charge in [-0.3, -0.25) is 4.79 Å². The van der Waals surface area contributed by atoms with Gasteiger partial charge < -0.3 is 10.6 Å². The van der Waals surface area contributed by atoms with Crippen LogP contribution in [0.3, 0.4) is 0 Å². The van der Waals surface area contributed by atoms with E-state index < -0.39 is 0 Å². The molecule has 2 fully saturated rings. The van der Waals surface area contributed by atoms with Crippen molar-refractivity contribution in [2.24, 2.45) is 5.92 Å². The molecule has 0 radical (unpaired) electrons. The van der Waals surface area contributed by atoms with Gasteiger partial charge in [-0.1, -0.05) is 30.6 Å². The van der Waals surface area contributed by atoms with Crippen LogP contribution in [0.15, 0.2) is 12.3 Å². The van der Waals surface area contributed by atoms with Gasteiger partial charge in [0.25, 0.3) is 0 Å². The van der Waals surface area contributed by atoms with Crippen molar-refractivity contribution in [3.63, 3.8) is 0 Å². The van der Waals surface area contributed by atoms with Gasteiger partial charge in [0.1, 0.15) is 5.01 Å². The van der Waals surface area contributed by atoms with E-state index in [-0.39, 0.29) is 29.9 Å². The summed E-state index contributed by atoms with van der Waals surface area (Å²) in [5.74, 6) is 0.0135. The Balaban J connectivity index is 1.26. The molecule has 2 aromatic heterocycles. The molecule has 8 heteroatoms. The van der Waals surface area contributed by atoms with Crippen LogP contribution in [0.1, 0.15) is 73.0 Å². The molecule has 5 rings (SSSR count). The average Bonchev–Trinajstić information content (AvgIpc) is 3.18. The lowest BCUT2D eigenvalue weighted by atomic mass is 9.77. The summed E-state index contributed by atoms with van der Waals surface area (Å²) in [6, 6.07) is 1.98. The zero-order valence-corrected chi connectivity index (χ0v) is 16.5. The number of halogens is 1. The first-order valence-corrected chi connectivity index (χ1v) is 11.0. The molecule has 3 unspecified atom stereocenters. The SMILES string of the molecule is O=C(Nc1nnc(C2CCCCC2)s1)C1CC2Cc3c(ccnc3F)C(C1)N2. The van der Waals surface area contributed by atoms with Crippen molar-refractivity contribution in [2.45, 2.75) is 69.4 Å². The van der Waals surface area contributed by atoms with Gasteiger partial charge in [-0.2, -0.15) is 4.39 Å². The Morgan fingerprint density at radius 3 is 2.93 bits per heavy atom. The molecule has 4 heterocycles. The van der Waals surface area contributed by atoms with Crippen LogP contribution >= 0.6 is 11.3 Å². The lowest BCUT2D eigenvalue weighted by Crippen LogP contribution is -2.48. The Labute approximate surface area is 167 Å². The normalized spacial score (nSPS) is 27.2. The van der Waals surface area contributed by atoms with E-state index in [0.29, 0.717) is 35.9 Å². The van der Waals surface area contributed by atoms with Gasteiger partial charge in [0, 0.05) is 35.7 Å². The van der Waals surface area contributed by atoms with Crippen molar-refractivity contribution in [2.75, 3.05) is 5.32 Å². The summed E-state index contributed by atoms with van der Waals surface area (Å²) in [6.45, 7) is 0. The molecular formula is C20H24FN5OS. The fourth-order valence-corrected chi connectivity index (χ4v) is 5.90. The molecule has 1 saturated carbocycles. The first-order chi connectivity index (χ1) is 13.7. The number of hydrogen-bond acceptors (Lipinski definition) is 6. The number of carbonyl (C=O) groups is 1. The molecule has 1 amide bonds. The molecular weight excluding hydrogens is 377 g/mol. The van der Waals surface area contributed by atoms with Crippen molar-refractivity contribution in [1.82, 2.24) is 20.5 Å². The van der Waals surface area contributed by atoms with Crippen molar-refractivity contribution in [3.05, 3.63) is 34.3 Å². The topological polar surface area (TPSA) is 79.8 Å². The number of nitrogens with one attached hydrogen (secondary N) is 2. The second-order valence-corrected chi connectivity index (χ2v) is 9.24. The smallest absolute Gasteiger partial charge is 0.229 e. The predicted molar refractivity (Wildman–Crippen MR) is 105 cm³/mol. The fraction of sp³-hybridized carbons (Fsp3) is 0.600. The van der Waals surface area contributed by atoms with E-state index in [1.165, 1.54) is 49.6 Å². The highest BCUT2D eigenvalue weighted by Gasteiger charge is 2.38. The molecule has 3 aliphatic rings. The van der Waals surface area contributed by atoms with Gasteiger partial charge in [0.15, 0.2) is 0 Å². The van der Waals surface area contributed by atoms with Crippen LogP contribution in [0.2, 0.25) is 0 Å². The van der Waals surface area contributed by atoms with Crippen molar-refractivity contribution in [3.8, 4) is 0 Å². The minimum Gasteiger partial charge on any atom is -0.307 e. The van der Waals surface area contributed by atoms with Gasteiger partial charge in [0.05, 0.1) is 0 Å². The maximum atomic E-state index is 14.0. The summed E-state index contributed by atoms with van der Waals surface area (Å²) in [5, 5.41) is 16.7. The molecule has 3 atom stereocenters. The van der Waals surface area contributed by atoms with Gasteiger partial charge in [-0.15, -0.1) is 10.2 Å². The molecule has 6 nitrogen and oxygen atoms in total. The third-order valence-corrected chi connectivity index (χ3v) is 7.39. The van der Waals surface area contributed by atoms with Crippen molar-refractivity contribution < 1.29 is 9.18 Å². The fourth-order valence-electron chi connectivity index (χ4n) is 4.98. The summed E-state index contributed by atoms with van der Waals surface area (Å²) in [7, 11) is 0. The minimum atomic E-state index is -0.374. The maximum Gasteiger partial charge on any atom is 0.229 e. The number of amides is 1. The van der Waals surface area contributed by atoms with E-state index in [9.17, 15) is 9.18 Å². The van der Waals surface area contributed by atoms with Crippen molar-refractivity contribution >= 4 is 22.4 Å². The second kappa shape index (κ2) is 7.48. The highest BCUT2D eigenvalue weighted by atomic mass is 32.1. The summed E-state index contributed by atoms with van der Waals surface area (Å²) < 4.78 is 14.0. The number of hydrogen-bond donors (Lipinski definition) is 2. The van der Waals surface area contributed by atoms with Crippen LogP contribution in [-0.4, -0.2) is 27.1 Å². The zero-order valence-electron chi connectivity index (χ0n) is 15.7. The second-order valence-electron chi connectivity index (χ2n) is 8.23. The lowest BCUT2D eigenvalue weighted by molar-refractivity contribution is -0.121. The Kier molecular flexibility index (Phi) is 4.84. The quantitative estimate of drug-likeness (QED) is 0.766. The number of carbonyl (C=O) groups excluding carboxylic acids is 1. The monoisotopic (exact) mass is 401 g/mol. The van der Waals surface area contributed by atoms with Crippen LogP contribution in [0.4, 0.5) is 9.52 Å². The van der Waals surface area contributed by atoms with Crippen LogP contribution in [0.5, 0.6) is 0 Å². The van der Waals surface area contributed by atoms with E-state index in [2.05, 4.69) is 25.8 Å². The molecule has 2 aromatic rings. The zero-order chi connectivity index (χ0) is 19.1. The Hall–Kier alpha value is -1.93. The first-order valence-electron chi connectivity index (χ1n) is 10.2. The van der Waals surface area contributed by atoms with Crippen LogP contribution in [-0.2, 0) is 11.2 Å². The highest BCUT2D eigenvalue weighted by molar-refractivity contribution is 7.15. The number of rotatable bonds is 3. The van der Waals surface area contributed by atoms with Crippen molar-refractivity contribution in [1.29, 1.82) is 0 Å². The predicted octanol–water partition coefficient (Wildman–Crippen LogP) is 3.72. The van der Waals surface area contributed by atoms with Gasteiger partial charge in [-0.05, 0) is 43.7 Å². The summed E-state index contributed by atoms with van der Waals surface area (Å²) in [5.41, 5.74) is 1.65. The number of fused-ring (bicyclic) bond motifs is 4. The van der Waals surface area contributed by atoms with Gasteiger partial charge in [0.2, 0.25) is 17.0 Å². The Bertz CT molecular complexity index is 881. The average molecular weight is 402 g/mol. The van der Waals surface area contributed by atoms with Crippen LogP contribution in [0.25, 0.3) is 0 Å². The minimum absolute atomic E-state index is 0.000761. The molecule has 0 spiro atoms. The third-order valence-electron chi connectivity index (χ3n) is 6.39. The number of aromatic nitrogens is 3. The number of piperidine rings is 1. The van der Waals surface area contributed by atoms with E-state index >= 15 is 0 Å². The lowest BCUT2D eigenvalue weighted by Gasteiger charge is -2.40. The molecule has 148 valence electrons. The maximum absolute atomic E-state index is 14.0. The Morgan fingerprint density at radius 2 is 2.07 bits per heavy atom. The molecule has 1 saturated heterocycles. The number of anilines is 1. The van der Waals surface area contributed by atoms with Crippen LogP contribution in [0, 0.1) is 11.9 Å². The molecule has 2 N–H and O–H groups in total. The summed E-state index contributed by atoms with van der Waals surface area (Å²) in [4.78, 5) is 16.7. The van der Waals surface area contributed by atoms with E-state index in [1.54, 1.807) is 0 Å². The summed E-state index contributed by atoms with van der Waals surface area (Å²) >= 11 is 1.52. The molecule has 2 aliphatic heterocycles. The van der Waals surface area contributed by atoms with E-state index in [0.717, 1.165) is 10.6 Å². The summed E-state index contributed by atoms with van der Waals surface area (Å²) in [6.07, 6.45) is 9.60. The standard InChI is InChI=1S/C20H24FN5OS/c21-17-15-10-13-8-12(9-16(23-13)14(15)6-7-22-17)18(27)24-20-26-25-19(28-20)11-4-2-1-3-5-11/h6-7,11-13,16,23H,1-5,8-10H2,(H,24,26,27). The number of pyridine rings is 1. The number of nitrogens with zero attached hydrogens (tertiary/aromatic N) is 3.